The predicted octanol–water partition coefficient (Wildman–Crippen LogP) is 4.87. The summed E-state index contributed by atoms with van der Waals surface area (Å²) in [7, 11) is 0. The fraction of sp³-hybridized carbons (Fsp3) is 0.960. The lowest BCUT2D eigenvalue weighted by atomic mass is 9.44. The summed E-state index contributed by atoms with van der Waals surface area (Å²) in [6.07, 6.45) is 10.4. The monoisotopic (exact) mass is 406 g/mol. The Morgan fingerprint density at radius 1 is 0.966 bits per heavy atom. The lowest BCUT2D eigenvalue weighted by Crippen LogP contribution is -2.58. The highest BCUT2D eigenvalue weighted by Crippen LogP contribution is 2.68. The molecule has 166 valence electrons. The number of aliphatic hydroxyl groups excluding tert-OH is 2. The second-order valence-corrected chi connectivity index (χ2v) is 11.7. The molecule has 0 amide bonds. The fourth-order valence-corrected chi connectivity index (χ4v) is 9.03. The number of carbonyl (C=O) groups is 1. The van der Waals surface area contributed by atoms with E-state index in [2.05, 4.69) is 20.8 Å². The molecule has 0 heterocycles. The van der Waals surface area contributed by atoms with Gasteiger partial charge in [0, 0.05) is 6.42 Å². The van der Waals surface area contributed by atoms with Crippen molar-refractivity contribution in [1.82, 2.24) is 0 Å². The van der Waals surface area contributed by atoms with Crippen molar-refractivity contribution >= 4 is 5.97 Å². The van der Waals surface area contributed by atoms with Crippen LogP contribution in [0.25, 0.3) is 0 Å². The van der Waals surface area contributed by atoms with Crippen LogP contribution in [0.2, 0.25) is 0 Å². The molecule has 10 atom stereocenters. The maximum Gasteiger partial charge on any atom is 0.303 e. The van der Waals surface area contributed by atoms with Gasteiger partial charge in [-0.3, -0.25) is 4.79 Å². The van der Waals surface area contributed by atoms with Crippen LogP contribution in [0, 0.1) is 46.3 Å². The van der Waals surface area contributed by atoms with Crippen LogP contribution in [0.15, 0.2) is 0 Å². The van der Waals surface area contributed by atoms with Crippen molar-refractivity contribution in [2.75, 3.05) is 0 Å². The van der Waals surface area contributed by atoms with Gasteiger partial charge in [0.25, 0.3) is 0 Å². The van der Waals surface area contributed by atoms with Gasteiger partial charge in [-0.15, -0.1) is 0 Å². The summed E-state index contributed by atoms with van der Waals surface area (Å²) in [6.45, 7) is 7.29. The molecule has 0 spiro atoms. The van der Waals surface area contributed by atoms with Gasteiger partial charge in [0.2, 0.25) is 0 Å². The van der Waals surface area contributed by atoms with Crippen LogP contribution in [0.5, 0.6) is 0 Å². The molecule has 4 heteroatoms. The first-order valence-electron chi connectivity index (χ1n) is 12.2. The SMILES string of the molecule is C[C@H](CCCC(=O)O)[C@H]1CC[C@H]2[C@@H]3C[C@@H](O)[C@@H]4C[C@H](O)CC[C@]4(C)[C@H]3CC[C@]12C. The first kappa shape index (κ1) is 21.6. The summed E-state index contributed by atoms with van der Waals surface area (Å²) in [5, 5.41) is 30.3. The Hall–Kier alpha value is -0.610. The zero-order valence-electron chi connectivity index (χ0n) is 18.6. The molecule has 4 saturated carbocycles. The Labute approximate surface area is 176 Å². The van der Waals surface area contributed by atoms with E-state index >= 15 is 0 Å². The Morgan fingerprint density at radius 2 is 1.66 bits per heavy atom. The maximum absolute atomic E-state index is 11.1. The third-order valence-electron chi connectivity index (χ3n) is 10.5. The largest absolute Gasteiger partial charge is 0.481 e. The van der Waals surface area contributed by atoms with Gasteiger partial charge in [-0.05, 0) is 111 Å². The molecule has 0 bridgehead atoms. The molecular formula is C25H42O4. The third-order valence-corrected chi connectivity index (χ3v) is 10.5. The van der Waals surface area contributed by atoms with Crippen molar-refractivity contribution in [1.29, 1.82) is 0 Å². The highest BCUT2D eigenvalue weighted by molar-refractivity contribution is 5.66. The molecule has 0 saturated heterocycles. The second kappa shape index (κ2) is 7.82. The topological polar surface area (TPSA) is 77.8 Å². The van der Waals surface area contributed by atoms with Crippen LogP contribution in [0.1, 0.15) is 91.4 Å². The molecule has 4 aliphatic carbocycles. The molecule has 4 aliphatic rings. The van der Waals surface area contributed by atoms with Gasteiger partial charge in [-0.1, -0.05) is 20.8 Å². The van der Waals surface area contributed by atoms with Gasteiger partial charge in [-0.25, -0.2) is 0 Å². The molecule has 0 unspecified atom stereocenters. The third kappa shape index (κ3) is 3.56. The average molecular weight is 407 g/mol. The van der Waals surface area contributed by atoms with Gasteiger partial charge < -0.3 is 15.3 Å². The minimum atomic E-state index is -0.676. The van der Waals surface area contributed by atoms with E-state index in [1.54, 1.807) is 0 Å². The zero-order valence-corrected chi connectivity index (χ0v) is 18.6. The standard InChI is InChI=1S/C25H42O4/c1-15(5-4-6-23(28)29)18-7-8-19-17-14-22(27)21-13-16(26)9-11-25(21,3)20(17)10-12-24(18,19)2/h15-22,26-27H,4-14H2,1-3H3,(H,28,29)/t15-,16-,17+,18-,19+,20+,21+,22-,24-,25-/m1/s1. The van der Waals surface area contributed by atoms with Crippen LogP contribution in [0.4, 0.5) is 0 Å². The first-order chi connectivity index (χ1) is 13.7. The molecule has 0 aliphatic heterocycles. The highest BCUT2D eigenvalue weighted by Gasteiger charge is 2.62. The molecule has 0 aromatic carbocycles. The summed E-state index contributed by atoms with van der Waals surface area (Å²) in [4.78, 5) is 10.9. The zero-order chi connectivity index (χ0) is 21.0. The Kier molecular flexibility index (Phi) is 5.83. The van der Waals surface area contributed by atoms with Gasteiger partial charge in [-0.2, -0.15) is 0 Å². The normalized spacial score (nSPS) is 50.3. The number of carboxylic acids is 1. The van der Waals surface area contributed by atoms with Crippen molar-refractivity contribution in [3.63, 3.8) is 0 Å². The number of aliphatic hydroxyl groups is 2. The van der Waals surface area contributed by atoms with E-state index in [1.165, 1.54) is 25.7 Å². The Bertz CT molecular complexity index is 620. The van der Waals surface area contributed by atoms with Crippen LogP contribution in [-0.4, -0.2) is 33.5 Å². The van der Waals surface area contributed by atoms with Crippen molar-refractivity contribution in [3.8, 4) is 0 Å². The van der Waals surface area contributed by atoms with Gasteiger partial charge in [0.1, 0.15) is 0 Å². The summed E-state index contributed by atoms with van der Waals surface area (Å²) in [5.41, 5.74) is 0.537. The number of aliphatic carboxylic acids is 1. The van der Waals surface area contributed by atoms with E-state index in [1.807, 2.05) is 0 Å². The van der Waals surface area contributed by atoms with Crippen LogP contribution >= 0.6 is 0 Å². The number of hydrogen-bond donors (Lipinski definition) is 3. The van der Waals surface area contributed by atoms with E-state index in [0.717, 1.165) is 38.5 Å². The molecule has 0 radical (unpaired) electrons. The van der Waals surface area contributed by atoms with Crippen molar-refractivity contribution in [2.45, 2.75) is 104 Å². The Balaban J connectivity index is 1.50. The van der Waals surface area contributed by atoms with E-state index in [0.29, 0.717) is 41.4 Å². The Morgan fingerprint density at radius 3 is 2.38 bits per heavy atom. The number of carboxylic acid groups (broad SMARTS) is 1. The molecule has 4 nitrogen and oxygen atoms in total. The minimum absolute atomic E-state index is 0.189. The van der Waals surface area contributed by atoms with Gasteiger partial charge in [0.15, 0.2) is 0 Å². The summed E-state index contributed by atoms with van der Waals surface area (Å²) < 4.78 is 0. The summed E-state index contributed by atoms with van der Waals surface area (Å²) in [6, 6.07) is 0. The van der Waals surface area contributed by atoms with Gasteiger partial charge >= 0.3 is 5.97 Å². The van der Waals surface area contributed by atoms with Crippen LogP contribution in [-0.2, 0) is 4.79 Å². The first-order valence-corrected chi connectivity index (χ1v) is 12.2. The lowest BCUT2D eigenvalue weighted by Gasteiger charge is -2.62. The van der Waals surface area contributed by atoms with E-state index in [4.69, 9.17) is 5.11 Å². The molecule has 0 aromatic heterocycles. The van der Waals surface area contributed by atoms with Gasteiger partial charge in [0.05, 0.1) is 12.2 Å². The lowest BCUT2D eigenvalue weighted by molar-refractivity contribution is -0.172. The van der Waals surface area contributed by atoms with E-state index in [9.17, 15) is 15.0 Å². The highest BCUT2D eigenvalue weighted by atomic mass is 16.4. The van der Waals surface area contributed by atoms with Crippen LogP contribution in [0.3, 0.4) is 0 Å². The maximum atomic E-state index is 11.1. The summed E-state index contributed by atoms with van der Waals surface area (Å²) in [5.74, 6) is 2.89. The average Bonchev–Trinajstić information content (AvgIpc) is 3.00. The van der Waals surface area contributed by atoms with Crippen molar-refractivity contribution in [3.05, 3.63) is 0 Å². The summed E-state index contributed by atoms with van der Waals surface area (Å²) >= 11 is 0. The van der Waals surface area contributed by atoms with E-state index < -0.39 is 5.97 Å². The molecule has 4 rings (SSSR count). The molecule has 4 fully saturated rings. The molecule has 0 aromatic rings. The number of rotatable bonds is 5. The molecule has 3 N–H and O–H groups in total. The fourth-order valence-electron chi connectivity index (χ4n) is 9.03. The minimum Gasteiger partial charge on any atom is -0.481 e. The molecular weight excluding hydrogens is 364 g/mol. The van der Waals surface area contributed by atoms with Crippen molar-refractivity contribution < 1.29 is 20.1 Å². The predicted molar refractivity (Wildman–Crippen MR) is 113 cm³/mol. The van der Waals surface area contributed by atoms with Crippen molar-refractivity contribution in [2.24, 2.45) is 46.3 Å². The quantitative estimate of drug-likeness (QED) is 0.609. The second-order valence-electron chi connectivity index (χ2n) is 11.7. The number of fused-ring (bicyclic) bond motifs is 5. The molecule has 29 heavy (non-hydrogen) atoms. The smallest absolute Gasteiger partial charge is 0.303 e. The van der Waals surface area contributed by atoms with E-state index in [-0.39, 0.29) is 23.5 Å². The van der Waals surface area contributed by atoms with Crippen LogP contribution < -0.4 is 0 Å². The number of hydrogen-bond acceptors (Lipinski definition) is 3.